The normalized spacial score (nSPS) is 14.1. The molecule has 0 spiro atoms. The van der Waals surface area contributed by atoms with E-state index in [0.29, 0.717) is 5.16 Å². The summed E-state index contributed by atoms with van der Waals surface area (Å²) in [5.41, 5.74) is 1.67. The summed E-state index contributed by atoms with van der Waals surface area (Å²) in [6, 6.07) is 7.50. The van der Waals surface area contributed by atoms with Gasteiger partial charge in [-0.1, -0.05) is 37.7 Å². The number of para-hydroxylation sites is 2. The summed E-state index contributed by atoms with van der Waals surface area (Å²) in [5, 5.41) is 19.2. The molecule has 0 saturated carbocycles. The Morgan fingerprint density at radius 3 is 2.45 bits per heavy atom. The second-order valence-corrected chi connectivity index (χ2v) is 6.43. The number of carbonyl (C=O) groups is 2. The van der Waals surface area contributed by atoms with Crippen molar-refractivity contribution < 1.29 is 19.8 Å². The van der Waals surface area contributed by atoms with Crippen LogP contribution in [0.5, 0.6) is 0 Å². The van der Waals surface area contributed by atoms with Gasteiger partial charge in [-0.25, -0.2) is 4.98 Å². The van der Waals surface area contributed by atoms with Crippen LogP contribution in [0.2, 0.25) is 0 Å². The van der Waals surface area contributed by atoms with Crippen LogP contribution in [0.1, 0.15) is 13.8 Å². The van der Waals surface area contributed by atoms with Crippen LogP contribution in [-0.2, 0) is 9.59 Å². The van der Waals surface area contributed by atoms with E-state index in [-0.39, 0.29) is 11.7 Å². The van der Waals surface area contributed by atoms with E-state index in [1.807, 2.05) is 24.3 Å². The molecule has 0 aliphatic carbocycles. The van der Waals surface area contributed by atoms with Gasteiger partial charge in [0, 0.05) is 5.75 Å². The Morgan fingerprint density at radius 2 is 1.91 bits per heavy atom. The third-order valence-electron chi connectivity index (χ3n) is 3.52. The van der Waals surface area contributed by atoms with Crippen molar-refractivity contribution in [3.05, 3.63) is 24.3 Å². The van der Waals surface area contributed by atoms with E-state index in [4.69, 9.17) is 0 Å². The number of hydrogen-bond donors (Lipinski definition) is 3. The summed E-state index contributed by atoms with van der Waals surface area (Å²) in [5.74, 6) is -4.15. The zero-order valence-electron chi connectivity index (χ0n) is 12.3. The van der Waals surface area contributed by atoms with E-state index in [1.54, 1.807) is 13.8 Å². The average Bonchev–Trinajstić information content (AvgIpc) is 2.84. The number of nitrogens with one attached hydrogen (secondary N) is 1. The van der Waals surface area contributed by atoms with E-state index < -0.39 is 23.8 Å². The van der Waals surface area contributed by atoms with Gasteiger partial charge in [0.2, 0.25) is 0 Å². The van der Waals surface area contributed by atoms with Crippen molar-refractivity contribution >= 4 is 34.7 Å². The molecule has 0 radical (unpaired) electrons. The Morgan fingerprint density at radius 1 is 1.23 bits per heavy atom. The molecule has 2 atom stereocenters. The molecule has 0 aliphatic rings. The number of hydrogen-bond acceptors (Lipinski definition) is 4. The summed E-state index contributed by atoms with van der Waals surface area (Å²) < 4.78 is 0. The molecular weight excluding hydrogens is 304 g/mol. The fourth-order valence-corrected chi connectivity index (χ4v) is 3.45. The number of nitrogens with zero attached hydrogens (tertiary/aromatic N) is 1. The third-order valence-corrected chi connectivity index (χ3v) is 4.51. The van der Waals surface area contributed by atoms with Crippen LogP contribution in [0.25, 0.3) is 11.0 Å². The van der Waals surface area contributed by atoms with Gasteiger partial charge >= 0.3 is 11.9 Å². The number of rotatable bonds is 7. The predicted molar refractivity (Wildman–Crippen MR) is 83.9 cm³/mol. The van der Waals surface area contributed by atoms with Gasteiger partial charge in [-0.05, 0) is 18.1 Å². The standard InChI is InChI=1S/C15H18N2O4S/c1-8(2)12(14(20)21)9(13(18)19)7-22-15-16-10-5-3-4-6-11(10)17-15/h3-6,8-9,12H,7H2,1-2H3,(H,16,17)(H,18,19)(H,20,21). The molecule has 0 saturated heterocycles. The maximum atomic E-state index is 11.4. The Kier molecular flexibility index (Phi) is 5.07. The van der Waals surface area contributed by atoms with Gasteiger partial charge in [0.05, 0.1) is 22.9 Å². The number of aromatic nitrogens is 2. The minimum Gasteiger partial charge on any atom is -0.481 e. The summed E-state index contributed by atoms with van der Waals surface area (Å²) in [6.45, 7) is 3.45. The molecule has 1 heterocycles. The van der Waals surface area contributed by atoms with Crippen LogP contribution in [0, 0.1) is 17.8 Å². The molecule has 3 N–H and O–H groups in total. The monoisotopic (exact) mass is 322 g/mol. The van der Waals surface area contributed by atoms with E-state index in [2.05, 4.69) is 9.97 Å². The number of aliphatic carboxylic acids is 2. The molecule has 1 aromatic heterocycles. The van der Waals surface area contributed by atoms with Crippen LogP contribution < -0.4 is 0 Å². The smallest absolute Gasteiger partial charge is 0.308 e. The predicted octanol–water partition coefficient (Wildman–Crippen LogP) is 2.71. The van der Waals surface area contributed by atoms with Gasteiger partial charge in [0.1, 0.15) is 0 Å². The number of H-pyrrole nitrogens is 1. The molecule has 0 bridgehead atoms. The molecule has 22 heavy (non-hydrogen) atoms. The highest BCUT2D eigenvalue weighted by atomic mass is 32.2. The number of thioether (sulfide) groups is 1. The summed E-state index contributed by atoms with van der Waals surface area (Å²) >= 11 is 1.23. The quantitative estimate of drug-likeness (QED) is 0.677. The fraction of sp³-hybridized carbons (Fsp3) is 0.400. The Labute approximate surface area is 131 Å². The van der Waals surface area contributed by atoms with Crippen molar-refractivity contribution in [1.82, 2.24) is 9.97 Å². The molecule has 0 fully saturated rings. The molecule has 2 aromatic rings. The third kappa shape index (κ3) is 3.59. The maximum Gasteiger partial charge on any atom is 0.308 e. The van der Waals surface area contributed by atoms with Crippen molar-refractivity contribution in [2.24, 2.45) is 17.8 Å². The van der Waals surface area contributed by atoms with Crippen LogP contribution in [0.3, 0.4) is 0 Å². The van der Waals surface area contributed by atoms with E-state index in [0.717, 1.165) is 11.0 Å². The Bertz CT molecular complexity index is 650. The number of aromatic amines is 1. The van der Waals surface area contributed by atoms with Crippen molar-refractivity contribution in [2.75, 3.05) is 5.75 Å². The van der Waals surface area contributed by atoms with Crippen LogP contribution in [0.4, 0.5) is 0 Å². The van der Waals surface area contributed by atoms with Crippen molar-refractivity contribution in [1.29, 1.82) is 0 Å². The van der Waals surface area contributed by atoms with Crippen LogP contribution in [-0.4, -0.2) is 37.9 Å². The lowest BCUT2D eigenvalue weighted by Gasteiger charge is -2.22. The first kappa shape index (κ1) is 16.4. The molecule has 118 valence electrons. The summed E-state index contributed by atoms with van der Waals surface area (Å²) in [4.78, 5) is 30.2. The summed E-state index contributed by atoms with van der Waals surface area (Å²) in [7, 11) is 0. The molecule has 0 aliphatic heterocycles. The molecule has 6 nitrogen and oxygen atoms in total. The number of imidazole rings is 1. The van der Waals surface area contributed by atoms with E-state index >= 15 is 0 Å². The molecule has 1 aromatic carbocycles. The second-order valence-electron chi connectivity index (χ2n) is 5.42. The van der Waals surface area contributed by atoms with Crippen LogP contribution in [0.15, 0.2) is 29.4 Å². The zero-order valence-corrected chi connectivity index (χ0v) is 13.1. The minimum absolute atomic E-state index is 0.157. The topological polar surface area (TPSA) is 103 Å². The lowest BCUT2D eigenvalue weighted by atomic mass is 9.84. The highest BCUT2D eigenvalue weighted by Gasteiger charge is 2.36. The van der Waals surface area contributed by atoms with Gasteiger partial charge < -0.3 is 15.2 Å². The van der Waals surface area contributed by atoms with Gasteiger partial charge in [-0.15, -0.1) is 0 Å². The largest absolute Gasteiger partial charge is 0.481 e. The first-order valence-corrected chi connectivity index (χ1v) is 7.92. The van der Waals surface area contributed by atoms with Crippen LogP contribution >= 0.6 is 11.8 Å². The van der Waals surface area contributed by atoms with Crippen molar-refractivity contribution in [3.8, 4) is 0 Å². The molecule has 2 unspecified atom stereocenters. The van der Waals surface area contributed by atoms with Gasteiger partial charge in [-0.3, -0.25) is 9.59 Å². The van der Waals surface area contributed by atoms with Crippen molar-refractivity contribution in [2.45, 2.75) is 19.0 Å². The average molecular weight is 322 g/mol. The minimum atomic E-state index is -1.09. The Balaban J connectivity index is 2.14. The van der Waals surface area contributed by atoms with Gasteiger partial charge in [0.15, 0.2) is 5.16 Å². The van der Waals surface area contributed by atoms with E-state index in [9.17, 15) is 19.8 Å². The van der Waals surface area contributed by atoms with Gasteiger partial charge in [0.25, 0.3) is 0 Å². The number of benzene rings is 1. The number of fused-ring (bicyclic) bond motifs is 1. The lowest BCUT2D eigenvalue weighted by molar-refractivity contribution is -0.154. The zero-order chi connectivity index (χ0) is 16.3. The molecular formula is C15H18N2O4S. The first-order valence-electron chi connectivity index (χ1n) is 6.93. The van der Waals surface area contributed by atoms with Crippen molar-refractivity contribution in [3.63, 3.8) is 0 Å². The number of carboxylic acid groups (broad SMARTS) is 2. The lowest BCUT2D eigenvalue weighted by Crippen LogP contribution is -2.35. The maximum absolute atomic E-state index is 11.4. The number of carboxylic acids is 2. The first-order chi connectivity index (χ1) is 10.4. The molecule has 0 amide bonds. The fourth-order valence-electron chi connectivity index (χ4n) is 2.42. The molecule has 2 rings (SSSR count). The highest BCUT2D eigenvalue weighted by molar-refractivity contribution is 7.99. The Hall–Kier alpha value is -2.02. The van der Waals surface area contributed by atoms with Gasteiger partial charge in [-0.2, -0.15) is 0 Å². The summed E-state index contributed by atoms with van der Waals surface area (Å²) in [6.07, 6.45) is 0. The molecule has 7 heteroatoms. The van der Waals surface area contributed by atoms with E-state index in [1.165, 1.54) is 11.8 Å². The SMILES string of the molecule is CC(C)C(C(=O)O)C(CSc1nc2ccccc2[nH]1)C(=O)O. The highest BCUT2D eigenvalue weighted by Crippen LogP contribution is 2.28. The second kappa shape index (κ2) is 6.83.